The third-order valence-corrected chi connectivity index (χ3v) is 8.27. The highest BCUT2D eigenvalue weighted by Crippen LogP contribution is 2.09. The van der Waals surface area contributed by atoms with Gasteiger partial charge in [0.2, 0.25) is 5.91 Å². The van der Waals surface area contributed by atoms with Crippen LogP contribution in [0.1, 0.15) is 27.2 Å². The summed E-state index contributed by atoms with van der Waals surface area (Å²) < 4.78 is 1.07. The molecule has 1 N–H and O–H groups in total. The molecule has 1 amide bonds. The van der Waals surface area contributed by atoms with Gasteiger partial charge in [-0.1, -0.05) is 128 Å². The molecule has 3 nitrogen and oxygen atoms in total. The summed E-state index contributed by atoms with van der Waals surface area (Å²) in [4.78, 5) is 11.2. The standard InChI is InChI=1S/C24H20B.C12H24N2O/c1-5-13-21(14-6-1)25(22-15-7-2-8-16-22,23-17-9-3-10-18-23)24-19-11-4-12-20-24;1-6-14(5,7-2)10-8-9-13-12(15)11(3)4/h1-20H;3,6-10H2,1-2,4-5H3/q-1;/p+1. The predicted octanol–water partition coefficient (Wildman–Crippen LogP) is 4.62. The van der Waals surface area contributed by atoms with Crippen molar-refractivity contribution in [3.05, 3.63) is 133 Å². The van der Waals surface area contributed by atoms with E-state index in [1.807, 2.05) is 0 Å². The molecule has 0 bridgehead atoms. The van der Waals surface area contributed by atoms with Gasteiger partial charge in [-0.2, -0.15) is 21.9 Å². The third kappa shape index (κ3) is 7.61. The highest BCUT2D eigenvalue weighted by Gasteiger charge is 2.31. The van der Waals surface area contributed by atoms with E-state index in [4.69, 9.17) is 0 Å². The topological polar surface area (TPSA) is 29.1 Å². The number of benzene rings is 4. The molecule has 0 aliphatic rings. The second-order valence-electron chi connectivity index (χ2n) is 10.9. The molecule has 0 unspecified atom stereocenters. The summed E-state index contributed by atoms with van der Waals surface area (Å²) >= 11 is 0. The van der Waals surface area contributed by atoms with Crippen LogP contribution in [-0.2, 0) is 4.79 Å². The lowest BCUT2D eigenvalue weighted by Gasteiger charge is -2.44. The molecule has 4 rings (SSSR count). The molecule has 0 spiro atoms. The number of nitrogens with one attached hydrogen (secondary N) is 1. The minimum Gasteiger partial charge on any atom is -0.352 e. The molecular formula is C36H45BN2O. The fourth-order valence-electron chi connectivity index (χ4n) is 5.47. The van der Waals surface area contributed by atoms with E-state index in [1.165, 1.54) is 21.9 Å². The zero-order valence-electron chi connectivity index (χ0n) is 24.7. The van der Waals surface area contributed by atoms with Crippen LogP contribution >= 0.6 is 0 Å². The first kappa shape index (κ1) is 30.7. The highest BCUT2D eigenvalue weighted by atomic mass is 16.1. The lowest BCUT2D eigenvalue weighted by atomic mass is 9.13. The Balaban J connectivity index is 0.000000255. The maximum atomic E-state index is 11.2. The van der Waals surface area contributed by atoms with Crippen molar-refractivity contribution in [1.29, 1.82) is 0 Å². The van der Waals surface area contributed by atoms with E-state index in [2.05, 4.69) is 154 Å². The summed E-state index contributed by atoms with van der Waals surface area (Å²) in [5.41, 5.74) is 5.94. The minimum absolute atomic E-state index is 0.0304. The molecule has 0 aliphatic carbocycles. The Bertz CT molecular complexity index is 1140. The Morgan fingerprint density at radius 2 is 1.00 bits per heavy atom. The number of hydrogen-bond acceptors (Lipinski definition) is 1. The molecular weight excluding hydrogens is 487 g/mol. The molecule has 0 saturated heterocycles. The van der Waals surface area contributed by atoms with Crippen molar-refractivity contribution in [2.24, 2.45) is 0 Å². The molecule has 208 valence electrons. The van der Waals surface area contributed by atoms with Gasteiger partial charge < -0.3 is 9.80 Å². The second kappa shape index (κ2) is 15.0. The molecule has 0 atom stereocenters. The summed E-state index contributed by atoms with van der Waals surface area (Å²) in [5.74, 6) is -0.0304. The van der Waals surface area contributed by atoms with Gasteiger partial charge in [0, 0.05) is 18.5 Å². The summed E-state index contributed by atoms with van der Waals surface area (Å²) in [7, 11) is 2.25. The van der Waals surface area contributed by atoms with Crippen LogP contribution in [0.2, 0.25) is 0 Å². The van der Waals surface area contributed by atoms with Gasteiger partial charge in [0.1, 0.15) is 6.15 Å². The van der Waals surface area contributed by atoms with Crippen LogP contribution in [0.4, 0.5) is 0 Å². The van der Waals surface area contributed by atoms with Crippen molar-refractivity contribution in [3.63, 3.8) is 0 Å². The number of carbonyl (C=O) groups excluding carboxylic acids is 1. The molecule has 0 saturated carbocycles. The Kier molecular flexibility index (Phi) is 11.5. The molecule has 0 aromatic heterocycles. The number of amides is 1. The first-order valence-corrected chi connectivity index (χ1v) is 14.5. The van der Waals surface area contributed by atoms with Gasteiger partial charge in [-0.15, -0.1) is 0 Å². The van der Waals surface area contributed by atoms with Gasteiger partial charge in [-0.3, -0.25) is 4.79 Å². The zero-order chi connectivity index (χ0) is 28.8. The van der Waals surface area contributed by atoms with Gasteiger partial charge in [0.15, 0.2) is 0 Å². The van der Waals surface area contributed by atoms with E-state index in [9.17, 15) is 4.79 Å². The van der Waals surface area contributed by atoms with Crippen molar-refractivity contribution < 1.29 is 9.28 Å². The Labute approximate surface area is 242 Å². The maximum absolute atomic E-state index is 11.2. The Morgan fingerprint density at radius 3 is 1.27 bits per heavy atom. The van der Waals surface area contributed by atoms with E-state index < -0.39 is 6.15 Å². The highest BCUT2D eigenvalue weighted by molar-refractivity contribution is 7.19. The first-order valence-electron chi connectivity index (χ1n) is 14.5. The SMILES string of the molecule is C=C(C)C(=O)NCCC[N+](C)(CC)CC.c1ccc([B-](c2ccccc2)(c2ccccc2)c2ccccc2)cc1. The largest absolute Gasteiger partial charge is 0.352 e. The van der Waals surface area contributed by atoms with Crippen LogP contribution in [-0.4, -0.2) is 49.8 Å². The van der Waals surface area contributed by atoms with Crippen LogP contribution in [0, 0.1) is 0 Å². The van der Waals surface area contributed by atoms with E-state index in [-0.39, 0.29) is 5.91 Å². The van der Waals surface area contributed by atoms with Gasteiger partial charge in [0.05, 0.1) is 26.7 Å². The predicted molar refractivity (Wildman–Crippen MR) is 175 cm³/mol. The summed E-state index contributed by atoms with van der Waals surface area (Å²) in [6.07, 6.45) is -0.191. The smallest absolute Gasteiger partial charge is 0.246 e. The van der Waals surface area contributed by atoms with Crippen LogP contribution in [0.25, 0.3) is 0 Å². The van der Waals surface area contributed by atoms with E-state index >= 15 is 0 Å². The lowest BCUT2D eigenvalue weighted by Crippen LogP contribution is -2.74. The fourth-order valence-corrected chi connectivity index (χ4v) is 5.47. The summed E-state index contributed by atoms with van der Waals surface area (Å²) in [6, 6.07) is 43.5. The quantitative estimate of drug-likeness (QED) is 0.130. The first-order chi connectivity index (χ1) is 19.4. The molecule has 4 aromatic rings. The summed E-state index contributed by atoms with van der Waals surface area (Å²) in [6.45, 7) is 13.9. The van der Waals surface area contributed by atoms with Gasteiger partial charge in [0.25, 0.3) is 0 Å². The second-order valence-corrected chi connectivity index (χ2v) is 10.9. The number of hydrogen-bond donors (Lipinski definition) is 1. The van der Waals surface area contributed by atoms with Crippen LogP contribution in [0.5, 0.6) is 0 Å². The van der Waals surface area contributed by atoms with Crippen molar-refractivity contribution >= 4 is 33.9 Å². The summed E-state index contributed by atoms with van der Waals surface area (Å²) in [5, 5.41) is 2.85. The average molecular weight is 533 g/mol. The molecule has 4 aromatic carbocycles. The van der Waals surface area contributed by atoms with E-state index in [0.717, 1.165) is 37.1 Å². The number of rotatable bonds is 11. The minimum atomic E-state index is -1.22. The Morgan fingerprint density at radius 1 is 0.675 bits per heavy atom. The molecule has 40 heavy (non-hydrogen) atoms. The van der Waals surface area contributed by atoms with Crippen LogP contribution in [0.3, 0.4) is 0 Å². The average Bonchev–Trinajstić information content (AvgIpc) is 3.02. The monoisotopic (exact) mass is 532 g/mol. The van der Waals surface area contributed by atoms with Gasteiger partial charge >= 0.3 is 0 Å². The third-order valence-electron chi connectivity index (χ3n) is 8.27. The van der Waals surface area contributed by atoms with Crippen molar-refractivity contribution in [2.75, 3.05) is 33.2 Å². The zero-order valence-corrected chi connectivity index (χ0v) is 24.7. The fraction of sp³-hybridized carbons (Fsp3) is 0.250. The molecule has 0 radical (unpaired) electrons. The molecule has 0 aliphatic heterocycles. The van der Waals surface area contributed by atoms with Crippen molar-refractivity contribution in [1.82, 2.24) is 5.32 Å². The molecule has 0 fully saturated rings. The van der Waals surface area contributed by atoms with E-state index in [0.29, 0.717) is 5.57 Å². The number of carbonyl (C=O) groups is 1. The van der Waals surface area contributed by atoms with Crippen molar-refractivity contribution in [2.45, 2.75) is 27.2 Å². The van der Waals surface area contributed by atoms with Gasteiger partial charge in [-0.05, 0) is 20.8 Å². The van der Waals surface area contributed by atoms with Gasteiger partial charge in [-0.25, -0.2) is 0 Å². The maximum Gasteiger partial charge on any atom is 0.246 e. The Hall–Kier alpha value is -3.89. The van der Waals surface area contributed by atoms with Crippen LogP contribution in [0.15, 0.2) is 133 Å². The van der Waals surface area contributed by atoms with E-state index in [1.54, 1.807) is 6.92 Å². The number of quaternary nitrogens is 1. The van der Waals surface area contributed by atoms with Crippen LogP contribution < -0.4 is 27.2 Å². The lowest BCUT2D eigenvalue weighted by molar-refractivity contribution is -0.906. The van der Waals surface area contributed by atoms with Crippen molar-refractivity contribution in [3.8, 4) is 0 Å². The molecule has 0 heterocycles. The molecule has 4 heteroatoms. The normalized spacial score (nSPS) is 11.2. The number of nitrogens with zero attached hydrogens (tertiary/aromatic N) is 1.